The first-order chi connectivity index (χ1) is 14.7. The number of pyridine rings is 1. The first kappa shape index (κ1) is 19.9. The number of amides is 1. The highest BCUT2D eigenvalue weighted by atomic mass is 16.1. The molecule has 1 aliphatic rings. The maximum atomic E-state index is 12.8. The van der Waals surface area contributed by atoms with Crippen molar-refractivity contribution in [1.29, 1.82) is 0 Å². The van der Waals surface area contributed by atoms with Gasteiger partial charge in [-0.3, -0.25) is 4.79 Å². The van der Waals surface area contributed by atoms with Gasteiger partial charge in [0.25, 0.3) is 5.91 Å². The first-order valence-corrected chi connectivity index (χ1v) is 10.3. The van der Waals surface area contributed by atoms with Gasteiger partial charge in [0.2, 0.25) is 0 Å². The van der Waals surface area contributed by atoms with Gasteiger partial charge in [0, 0.05) is 44.6 Å². The zero-order chi connectivity index (χ0) is 20.8. The number of hydrogen-bond donors (Lipinski definition) is 2. The SMILES string of the molecule is CN1CCN(c2ccc(CNC(=O)c3ccccc3Nc3ccccc3)cn2)CC1. The number of likely N-dealkylation sites (N-methyl/N-ethyl adjacent to an activating group) is 1. The van der Waals surface area contributed by atoms with E-state index in [1.807, 2.05) is 72.9 Å². The third-order valence-electron chi connectivity index (χ3n) is 5.31. The standard InChI is InChI=1S/C24H27N5O/c1-28-13-15-29(16-14-28)23-12-11-19(17-25-23)18-26-24(30)21-9-5-6-10-22(21)27-20-7-3-2-4-8-20/h2-12,17,27H,13-16,18H2,1H3,(H,26,30). The summed E-state index contributed by atoms with van der Waals surface area (Å²) in [5.41, 5.74) is 3.32. The maximum Gasteiger partial charge on any atom is 0.253 e. The van der Waals surface area contributed by atoms with Crippen molar-refractivity contribution in [3.8, 4) is 0 Å². The van der Waals surface area contributed by atoms with Crippen LogP contribution in [0.1, 0.15) is 15.9 Å². The van der Waals surface area contributed by atoms with Crippen LogP contribution >= 0.6 is 0 Å². The molecule has 0 unspecified atom stereocenters. The number of carbonyl (C=O) groups excluding carboxylic acids is 1. The van der Waals surface area contributed by atoms with Gasteiger partial charge in [0.05, 0.1) is 11.3 Å². The van der Waals surface area contributed by atoms with E-state index in [2.05, 4.69) is 32.5 Å². The van der Waals surface area contributed by atoms with Crippen LogP contribution in [-0.2, 0) is 6.54 Å². The van der Waals surface area contributed by atoms with Gasteiger partial charge in [-0.25, -0.2) is 4.98 Å². The van der Waals surface area contributed by atoms with Gasteiger partial charge < -0.3 is 20.4 Å². The molecule has 2 heterocycles. The third-order valence-corrected chi connectivity index (χ3v) is 5.31. The molecule has 1 amide bonds. The second kappa shape index (κ2) is 9.41. The lowest BCUT2D eigenvalue weighted by molar-refractivity contribution is 0.0951. The van der Waals surface area contributed by atoms with E-state index in [1.54, 1.807) is 0 Å². The minimum absolute atomic E-state index is 0.114. The summed E-state index contributed by atoms with van der Waals surface area (Å²) in [5.74, 6) is 0.882. The van der Waals surface area contributed by atoms with Gasteiger partial charge >= 0.3 is 0 Å². The van der Waals surface area contributed by atoms with Crippen LogP contribution in [0.3, 0.4) is 0 Å². The number of piperazine rings is 1. The van der Waals surface area contributed by atoms with Crippen molar-refractivity contribution in [2.45, 2.75) is 6.54 Å². The molecule has 0 aliphatic carbocycles. The van der Waals surface area contributed by atoms with Crippen molar-refractivity contribution in [1.82, 2.24) is 15.2 Å². The summed E-state index contributed by atoms with van der Waals surface area (Å²) in [6, 6.07) is 21.4. The van der Waals surface area contributed by atoms with Crippen LogP contribution in [0, 0.1) is 0 Å². The second-order valence-corrected chi connectivity index (χ2v) is 7.53. The van der Waals surface area contributed by atoms with Crippen LogP contribution in [0.5, 0.6) is 0 Å². The van der Waals surface area contributed by atoms with Crippen molar-refractivity contribution >= 4 is 23.1 Å². The fourth-order valence-corrected chi connectivity index (χ4v) is 3.49. The Kier molecular flexibility index (Phi) is 6.25. The number of carbonyl (C=O) groups is 1. The number of nitrogens with zero attached hydrogens (tertiary/aromatic N) is 3. The number of aromatic nitrogens is 1. The van der Waals surface area contributed by atoms with Gasteiger partial charge in [-0.2, -0.15) is 0 Å². The van der Waals surface area contributed by atoms with E-state index in [9.17, 15) is 4.79 Å². The summed E-state index contributed by atoms with van der Waals surface area (Å²) in [5, 5.41) is 6.32. The lowest BCUT2D eigenvalue weighted by atomic mass is 10.1. The molecule has 3 aromatic rings. The summed E-state index contributed by atoms with van der Waals surface area (Å²) < 4.78 is 0. The Labute approximate surface area is 177 Å². The van der Waals surface area contributed by atoms with E-state index in [1.165, 1.54) is 0 Å². The minimum atomic E-state index is -0.114. The Morgan fingerprint density at radius 3 is 2.40 bits per heavy atom. The second-order valence-electron chi connectivity index (χ2n) is 7.53. The molecule has 154 valence electrons. The van der Waals surface area contributed by atoms with Gasteiger partial charge in [-0.05, 0) is 42.9 Å². The summed E-state index contributed by atoms with van der Waals surface area (Å²) >= 11 is 0. The normalized spacial score (nSPS) is 14.4. The highest BCUT2D eigenvalue weighted by Crippen LogP contribution is 2.21. The van der Waals surface area contributed by atoms with Crippen LogP contribution in [0.15, 0.2) is 72.9 Å². The summed E-state index contributed by atoms with van der Waals surface area (Å²) in [6.07, 6.45) is 1.85. The number of hydrogen-bond acceptors (Lipinski definition) is 5. The van der Waals surface area contributed by atoms with E-state index in [4.69, 9.17) is 0 Å². The highest BCUT2D eigenvalue weighted by Gasteiger charge is 2.15. The lowest BCUT2D eigenvalue weighted by Gasteiger charge is -2.33. The van der Waals surface area contributed by atoms with Crippen molar-refractivity contribution in [3.05, 3.63) is 84.1 Å². The zero-order valence-electron chi connectivity index (χ0n) is 17.2. The van der Waals surface area contributed by atoms with Crippen LogP contribution in [0.25, 0.3) is 0 Å². The van der Waals surface area contributed by atoms with Gasteiger partial charge in [-0.15, -0.1) is 0 Å². The quantitative estimate of drug-likeness (QED) is 0.662. The Balaban J connectivity index is 1.37. The first-order valence-electron chi connectivity index (χ1n) is 10.3. The summed E-state index contributed by atoms with van der Waals surface area (Å²) in [7, 11) is 2.14. The molecule has 0 atom stereocenters. The third kappa shape index (κ3) is 4.96. The molecule has 2 N–H and O–H groups in total. The largest absolute Gasteiger partial charge is 0.355 e. The van der Waals surface area contributed by atoms with E-state index >= 15 is 0 Å². The van der Waals surface area contributed by atoms with Gasteiger partial charge in [0.1, 0.15) is 5.82 Å². The van der Waals surface area contributed by atoms with Crippen molar-refractivity contribution in [2.24, 2.45) is 0 Å². The fraction of sp³-hybridized carbons (Fsp3) is 0.250. The molecule has 2 aromatic carbocycles. The van der Waals surface area contributed by atoms with Gasteiger partial charge in [-0.1, -0.05) is 36.4 Å². The van der Waals surface area contributed by atoms with E-state index in [0.717, 1.165) is 48.9 Å². The Bertz CT molecular complexity index is 966. The molecule has 6 nitrogen and oxygen atoms in total. The lowest BCUT2D eigenvalue weighted by Crippen LogP contribution is -2.44. The van der Waals surface area contributed by atoms with Crippen LogP contribution in [0.4, 0.5) is 17.2 Å². The predicted molar refractivity (Wildman–Crippen MR) is 121 cm³/mol. The van der Waals surface area contributed by atoms with Crippen LogP contribution in [-0.4, -0.2) is 49.0 Å². The zero-order valence-corrected chi connectivity index (χ0v) is 17.2. The van der Waals surface area contributed by atoms with E-state index in [-0.39, 0.29) is 5.91 Å². The number of para-hydroxylation sites is 2. The number of nitrogens with one attached hydrogen (secondary N) is 2. The molecule has 1 saturated heterocycles. The molecule has 30 heavy (non-hydrogen) atoms. The number of anilines is 3. The minimum Gasteiger partial charge on any atom is -0.355 e. The molecule has 1 aliphatic heterocycles. The average molecular weight is 402 g/mol. The van der Waals surface area contributed by atoms with Crippen LogP contribution < -0.4 is 15.5 Å². The van der Waals surface area contributed by atoms with E-state index in [0.29, 0.717) is 12.1 Å². The molecular weight excluding hydrogens is 374 g/mol. The molecule has 4 rings (SSSR count). The van der Waals surface area contributed by atoms with Crippen molar-refractivity contribution < 1.29 is 4.79 Å². The van der Waals surface area contributed by atoms with Crippen molar-refractivity contribution in [3.63, 3.8) is 0 Å². The van der Waals surface area contributed by atoms with Gasteiger partial charge in [0.15, 0.2) is 0 Å². The Hall–Kier alpha value is -3.38. The smallest absolute Gasteiger partial charge is 0.253 e. The fourth-order valence-electron chi connectivity index (χ4n) is 3.49. The monoisotopic (exact) mass is 401 g/mol. The molecule has 1 fully saturated rings. The molecule has 6 heteroatoms. The molecule has 0 bridgehead atoms. The highest BCUT2D eigenvalue weighted by molar-refractivity contribution is 6.00. The van der Waals surface area contributed by atoms with Crippen LogP contribution in [0.2, 0.25) is 0 Å². The Morgan fingerprint density at radius 2 is 1.67 bits per heavy atom. The molecule has 1 aromatic heterocycles. The molecule has 0 saturated carbocycles. The molecule has 0 radical (unpaired) electrons. The average Bonchev–Trinajstić information content (AvgIpc) is 2.79. The van der Waals surface area contributed by atoms with Crippen molar-refractivity contribution in [2.75, 3.05) is 43.4 Å². The number of rotatable bonds is 6. The summed E-state index contributed by atoms with van der Waals surface area (Å²) in [4.78, 5) is 22.0. The summed E-state index contributed by atoms with van der Waals surface area (Å²) in [6.45, 7) is 4.52. The number of benzene rings is 2. The maximum absolute atomic E-state index is 12.8. The van der Waals surface area contributed by atoms with E-state index < -0.39 is 0 Å². The molecule has 0 spiro atoms. The Morgan fingerprint density at radius 1 is 0.933 bits per heavy atom. The topological polar surface area (TPSA) is 60.5 Å². The predicted octanol–water partition coefficient (Wildman–Crippen LogP) is 3.51. The molecular formula is C24H27N5O.